The quantitative estimate of drug-likeness (QED) is 0.499. The lowest BCUT2D eigenvalue weighted by Gasteiger charge is -2.27. The van der Waals surface area contributed by atoms with Crippen molar-refractivity contribution in [1.82, 2.24) is 10.4 Å². The fourth-order valence-electron chi connectivity index (χ4n) is 2.79. The minimum Gasteiger partial charge on any atom is -0.294 e. The van der Waals surface area contributed by atoms with Crippen LogP contribution in [0.15, 0.2) is 18.2 Å². The highest BCUT2D eigenvalue weighted by molar-refractivity contribution is 5.78. The fourth-order valence-corrected chi connectivity index (χ4v) is 2.79. The van der Waals surface area contributed by atoms with E-state index in [0.717, 1.165) is 31.4 Å². The highest BCUT2D eigenvalue weighted by Gasteiger charge is 2.27. The van der Waals surface area contributed by atoms with Crippen LogP contribution in [0.4, 0.5) is 0 Å². The Labute approximate surface area is 114 Å². The van der Waals surface area contributed by atoms with Gasteiger partial charge in [0, 0.05) is 23.2 Å². The molecule has 0 bridgehead atoms. The number of hydrogen-bond donors (Lipinski definition) is 2. The molecule has 19 heavy (non-hydrogen) atoms. The summed E-state index contributed by atoms with van der Waals surface area (Å²) in [5.41, 5.74) is 4.59. The van der Waals surface area contributed by atoms with Crippen LogP contribution < -0.4 is 11.3 Å². The molecule has 4 nitrogen and oxygen atoms in total. The zero-order chi connectivity index (χ0) is 13.8. The van der Waals surface area contributed by atoms with E-state index in [4.69, 9.17) is 10.8 Å². The van der Waals surface area contributed by atoms with Crippen molar-refractivity contribution < 1.29 is 4.79 Å². The highest BCUT2D eigenvalue weighted by Crippen LogP contribution is 2.35. The Balaban J connectivity index is 2.01. The summed E-state index contributed by atoms with van der Waals surface area (Å²) in [6.07, 6.45) is 3.85. The Bertz CT molecular complexity index is 437. The maximum Gasteiger partial charge on any atom is 0.236 e. The lowest BCUT2D eigenvalue weighted by Crippen LogP contribution is -2.37. The molecule has 1 aromatic rings. The smallest absolute Gasteiger partial charge is 0.236 e. The molecule has 1 aliphatic rings. The Kier molecular flexibility index (Phi) is 4.53. The van der Waals surface area contributed by atoms with Crippen LogP contribution >= 0.6 is 0 Å². The van der Waals surface area contributed by atoms with Crippen LogP contribution in [0, 0.1) is 5.92 Å². The third-order valence-corrected chi connectivity index (χ3v) is 4.04. The molecule has 4 heteroatoms. The van der Waals surface area contributed by atoms with Crippen LogP contribution in [-0.4, -0.2) is 10.9 Å². The molecule has 0 spiro atoms. The van der Waals surface area contributed by atoms with Crippen molar-refractivity contribution in [3.05, 3.63) is 29.6 Å². The molecule has 1 fully saturated rings. The molecular weight excluding hydrogens is 238 g/mol. The van der Waals surface area contributed by atoms with Gasteiger partial charge in [0.05, 0.1) is 0 Å². The normalized spacial score (nSPS) is 23.4. The molecule has 104 valence electrons. The maximum atomic E-state index is 11.5. The van der Waals surface area contributed by atoms with Crippen LogP contribution in [0.2, 0.25) is 0 Å². The second-order valence-corrected chi connectivity index (χ2v) is 5.70. The second-order valence-electron chi connectivity index (χ2n) is 5.70. The molecule has 0 aromatic carbocycles. The standard InChI is InChI=1S/C15H23N3O/c1-10(2)13-4-3-5-14(17-13)11-6-8-12(9-7-11)15(19)18-16/h3-5,10-12H,6-9,16H2,1-2H3,(H,18,19)/t11-,12-. The van der Waals surface area contributed by atoms with Gasteiger partial charge in [-0.2, -0.15) is 0 Å². The lowest BCUT2D eigenvalue weighted by atomic mass is 9.80. The zero-order valence-corrected chi connectivity index (χ0v) is 11.7. The molecule has 0 atom stereocenters. The van der Waals surface area contributed by atoms with Crippen molar-refractivity contribution >= 4 is 5.91 Å². The first-order valence-corrected chi connectivity index (χ1v) is 7.09. The monoisotopic (exact) mass is 261 g/mol. The molecule has 1 aromatic heterocycles. The SMILES string of the molecule is CC(C)c1cccc([C@H]2CC[C@H](C(=O)NN)CC2)n1. The molecular formula is C15H23N3O. The molecule has 0 unspecified atom stereocenters. The van der Waals surface area contributed by atoms with Crippen molar-refractivity contribution in [3.8, 4) is 0 Å². The fraction of sp³-hybridized carbons (Fsp3) is 0.600. The number of carbonyl (C=O) groups excluding carboxylic acids is 1. The van der Waals surface area contributed by atoms with Gasteiger partial charge in [-0.05, 0) is 43.7 Å². The number of nitrogens with two attached hydrogens (primary N) is 1. The number of nitrogens with one attached hydrogen (secondary N) is 1. The molecule has 0 saturated heterocycles. The molecule has 1 aliphatic carbocycles. The Hall–Kier alpha value is -1.42. The summed E-state index contributed by atoms with van der Waals surface area (Å²) in [7, 11) is 0. The van der Waals surface area contributed by atoms with Gasteiger partial charge >= 0.3 is 0 Å². The van der Waals surface area contributed by atoms with Gasteiger partial charge in [0.15, 0.2) is 0 Å². The van der Waals surface area contributed by atoms with Gasteiger partial charge in [-0.1, -0.05) is 19.9 Å². The Morgan fingerprint density at radius 1 is 1.32 bits per heavy atom. The van der Waals surface area contributed by atoms with E-state index in [2.05, 4.69) is 37.5 Å². The van der Waals surface area contributed by atoms with Gasteiger partial charge in [-0.3, -0.25) is 15.2 Å². The van der Waals surface area contributed by atoms with Gasteiger partial charge in [0.2, 0.25) is 5.91 Å². The number of rotatable bonds is 3. The molecule has 0 radical (unpaired) electrons. The average molecular weight is 261 g/mol. The van der Waals surface area contributed by atoms with Crippen molar-refractivity contribution in [1.29, 1.82) is 0 Å². The third kappa shape index (κ3) is 3.32. The van der Waals surface area contributed by atoms with Crippen molar-refractivity contribution in [2.75, 3.05) is 0 Å². The van der Waals surface area contributed by atoms with Crippen LogP contribution in [-0.2, 0) is 4.79 Å². The summed E-state index contributed by atoms with van der Waals surface area (Å²) < 4.78 is 0. The zero-order valence-electron chi connectivity index (χ0n) is 11.7. The lowest BCUT2D eigenvalue weighted by molar-refractivity contribution is -0.126. The number of carbonyl (C=O) groups is 1. The molecule has 1 saturated carbocycles. The summed E-state index contributed by atoms with van der Waals surface area (Å²) in [6.45, 7) is 4.32. The summed E-state index contributed by atoms with van der Waals surface area (Å²) in [5.74, 6) is 6.19. The summed E-state index contributed by atoms with van der Waals surface area (Å²) >= 11 is 0. The minimum absolute atomic E-state index is 0.0256. The largest absolute Gasteiger partial charge is 0.294 e. The predicted octanol–water partition coefficient (Wildman–Crippen LogP) is 2.47. The number of hydrazine groups is 1. The van der Waals surface area contributed by atoms with E-state index < -0.39 is 0 Å². The first-order chi connectivity index (χ1) is 9.11. The first-order valence-electron chi connectivity index (χ1n) is 7.09. The van der Waals surface area contributed by atoms with Crippen LogP contribution in [0.25, 0.3) is 0 Å². The number of hydrogen-bond acceptors (Lipinski definition) is 3. The van der Waals surface area contributed by atoms with Crippen LogP contribution in [0.3, 0.4) is 0 Å². The van der Waals surface area contributed by atoms with Crippen molar-refractivity contribution in [2.45, 2.75) is 51.4 Å². The summed E-state index contributed by atoms with van der Waals surface area (Å²) in [5, 5.41) is 0. The molecule has 1 amide bonds. The summed E-state index contributed by atoms with van der Waals surface area (Å²) in [6, 6.07) is 6.29. The molecule has 0 aliphatic heterocycles. The number of nitrogens with zero attached hydrogens (tertiary/aromatic N) is 1. The number of amides is 1. The second kappa shape index (κ2) is 6.15. The molecule has 1 heterocycles. The van der Waals surface area contributed by atoms with E-state index in [-0.39, 0.29) is 11.8 Å². The van der Waals surface area contributed by atoms with E-state index in [1.807, 2.05) is 0 Å². The van der Waals surface area contributed by atoms with E-state index >= 15 is 0 Å². The van der Waals surface area contributed by atoms with Crippen molar-refractivity contribution in [3.63, 3.8) is 0 Å². The highest BCUT2D eigenvalue weighted by atomic mass is 16.2. The third-order valence-electron chi connectivity index (χ3n) is 4.04. The van der Waals surface area contributed by atoms with Crippen molar-refractivity contribution in [2.24, 2.45) is 11.8 Å². The molecule has 2 rings (SSSR count). The van der Waals surface area contributed by atoms with Gasteiger partial charge in [-0.15, -0.1) is 0 Å². The van der Waals surface area contributed by atoms with Gasteiger partial charge in [-0.25, -0.2) is 5.84 Å². The predicted molar refractivity (Wildman–Crippen MR) is 75.4 cm³/mol. The average Bonchev–Trinajstić information content (AvgIpc) is 2.46. The van der Waals surface area contributed by atoms with Gasteiger partial charge in [0.25, 0.3) is 0 Å². The number of pyridine rings is 1. The van der Waals surface area contributed by atoms with E-state index in [1.165, 1.54) is 5.69 Å². The number of aromatic nitrogens is 1. The first kappa shape index (κ1) is 14.0. The van der Waals surface area contributed by atoms with E-state index in [1.54, 1.807) is 0 Å². The minimum atomic E-state index is -0.0256. The maximum absolute atomic E-state index is 11.5. The van der Waals surface area contributed by atoms with Crippen LogP contribution in [0.5, 0.6) is 0 Å². The topological polar surface area (TPSA) is 68.0 Å². The van der Waals surface area contributed by atoms with Gasteiger partial charge < -0.3 is 0 Å². The Morgan fingerprint density at radius 3 is 2.58 bits per heavy atom. The van der Waals surface area contributed by atoms with Crippen LogP contribution in [0.1, 0.15) is 62.8 Å². The Morgan fingerprint density at radius 2 is 2.00 bits per heavy atom. The van der Waals surface area contributed by atoms with Gasteiger partial charge in [0.1, 0.15) is 0 Å². The summed E-state index contributed by atoms with van der Waals surface area (Å²) in [4.78, 5) is 16.3. The molecule has 3 N–H and O–H groups in total. The van der Waals surface area contributed by atoms with E-state index in [0.29, 0.717) is 11.8 Å². The van der Waals surface area contributed by atoms with E-state index in [9.17, 15) is 4.79 Å².